The van der Waals surface area contributed by atoms with Gasteiger partial charge in [0.05, 0.1) is 10.0 Å². The first-order valence-electron chi connectivity index (χ1n) is 8.10. The maximum absolute atomic E-state index is 13.0. The average molecular weight is 383 g/mol. The van der Waals surface area contributed by atoms with E-state index in [4.69, 9.17) is 23.2 Å². The third-order valence-corrected chi connectivity index (χ3v) is 6.13. The molecule has 0 radical (unpaired) electrons. The van der Waals surface area contributed by atoms with Gasteiger partial charge in [-0.05, 0) is 37.5 Å². The van der Waals surface area contributed by atoms with Crippen molar-refractivity contribution in [1.82, 2.24) is 5.32 Å². The van der Waals surface area contributed by atoms with E-state index in [1.54, 1.807) is 25.1 Å². The fourth-order valence-corrected chi connectivity index (χ4v) is 4.81. The Labute approximate surface area is 156 Å². The van der Waals surface area contributed by atoms with E-state index in [2.05, 4.69) is 10.6 Å². The van der Waals surface area contributed by atoms with E-state index >= 15 is 0 Å². The zero-order chi connectivity index (χ0) is 18.6. The predicted molar refractivity (Wildman–Crippen MR) is 96.4 cm³/mol. The van der Waals surface area contributed by atoms with E-state index in [1.165, 1.54) is 0 Å². The molecule has 7 heteroatoms. The zero-order valence-electron chi connectivity index (χ0n) is 14.3. The molecule has 1 aromatic rings. The molecule has 1 aliphatic carbocycles. The van der Waals surface area contributed by atoms with Crippen LogP contribution >= 0.6 is 23.2 Å². The number of carbonyl (C=O) groups is 3. The van der Waals surface area contributed by atoms with Crippen molar-refractivity contribution < 1.29 is 14.4 Å². The molecular weight excluding hydrogens is 363 g/mol. The largest absolute Gasteiger partial charge is 0.326 e. The first-order chi connectivity index (χ1) is 11.5. The SMILES string of the molecule is CC12CC(C)(CC(C)(C(=O)Nc3ccc(Cl)c(Cl)c3)C1)C(=O)NC2=O. The second kappa shape index (κ2) is 5.71. The highest BCUT2D eigenvalue weighted by molar-refractivity contribution is 6.42. The van der Waals surface area contributed by atoms with Crippen LogP contribution in [0.1, 0.15) is 40.0 Å². The molecule has 3 rings (SSSR count). The minimum absolute atomic E-state index is 0.231. The van der Waals surface area contributed by atoms with Crippen LogP contribution in [0.3, 0.4) is 0 Å². The lowest BCUT2D eigenvalue weighted by Gasteiger charge is -2.53. The van der Waals surface area contributed by atoms with Gasteiger partial charge >= 0.3 is 0 Å². The molecular formula is C18H20Cl2N2O3. The Balaban J connectivity index is 1.90. The Morgan fingerprint density at radius 3 is 2.08 bits per heavy atom. The molecule has 2 aliphatic rings. The average Bonchev–Trinajstić information content (AvgIpc) is 2.48. The van der Waals surface area contributed by atoms with Gasteiger partial charge in [0.2, 0.25) is 17.7 Å². The number of piperidine rings is 1. The van der Waals surface area contributed by atoms with Gasteiger partial charge in [-0.15, -0.1) is 0 Å². The minimum atomic E-state index is -0.846. The van der Waals surface area contributed by atoms with Crippen molar-refractivity contribution >= 4 is 46.6 Å². The Morgan fingerprint density at radius 2 is 1.56 bits per heavy atom. The van der Waals surface area contributed by atoms with E-state index in [0.29, 0.717) is 35.0 Å². The van der Waals surface area contributed by atoms with Gasteiger partial charge in [0.1, 0.15) is 0 Å². The molecule has 5 nitrogen and oxygen atoms in total. The zero-order valence-corrected chi connectivity index (χ0v) is 15.8. The highest BCUT2D eigenvalue weighted by atomic mass is 35.5. The number of rotatable bonds is 2. The molecule has 1 saturated carbocycles. The van der Waals surface area contributed by atoms with Crippen molar-refractivity contribution in [2.75, 3.05) is 5.32 Å². The van der Waals surface area contributed by atoms with Crippen molar-refractivity contribution in [3.05, 3.63) is 28.2 Å². The number of fused-ring (bicyclic) bond motifs is 2. The van der Waals surface area contributed by atoms with Gasteiger partial charge in [0, 0.05) is 21.9 Å². The quantitative estimate of drug-likeness (QED) is 0.763. The molecule has 0 aromatic heterocycles. The number of benzene rings is 1. The van der Waals surface area contributed by atoms with Crippen LogP contribution in [0.25, 0.3) is 0 Å². The Morgan fingerprint density at radius 1 is 1.00 bits per heavy atom. The molecule has 0 spiro atoms. The summed E-state index contributed by atoms with van der Waals surface area (Å²) in [7, 11) is 0. The summed E-state index contributed by atoms with van der Waals surface area (Å²) >= 11 is 11.9. The maximum Gasteiger partial charge on any atom is 0.232 e. The smallest absolute Gasteiger partial charge is 0.232 e. The number of amides is 3. The van der Waals surface area contributed by atoms with Gasteiger partial charge < -0.3 is 5.32 Å². The number of imide groups is 1. The van der Waals surface area contributed by atoms with Gasteiger partial charge in [0.25, 0.3) is 0 Å². The Kier molecular flexibility index (Phi) is 4.16. The summed E-state index contributed by atoms with van der Waals surface area (Å²) in [6.07, 6.45) is 1.21. The first-order valence-corrected chi connectivity index (χ1v) is 8.86. The minimum Gasteiger partial charge on any atom is -0.326 e. The number of halogens is 2. The van der Waals surface area contributed by atoms with Crippen LogP contribution in [0.15, 0.2) is 18.2 Å². The van der Waals surface area contributed by atoms with Gasteiger partial charge in [-0.2, -0.15) is 0 Å². The molecule has 2 unspecified atom stereocenters. The monoisotopic (exact) mass is 382 g/mol. The molecule has 134 valence electrons. The summed E-state index contributed by atoms with van der Waals surface area (Å²) < 4.78 is 0. The number of carbonyl (C=O) groups excluding carboxylic acids is 3. The summed E-state index contributed by atoms with van der Waals surface area (Å²) in [6.45, 7) is 5.44. The van der Waals surface area contributed by atoms with Crippen molar-refractivity contribution in [2.45, 2.75) is 40.0 Å². The van der Waals surface area contributed by atoms with Gasteiger partial charge in [-0.1, -0.05) is 44.0 Å². The number of anilines is 1. The molecule has 1 aliphatic heterocycles. The molecule has 1 saturated heterocycles. The first kappa shape index (κ1) is 18.2. The molecule has 2 fully saturated rings. The third kappa shape index (κ3) is 3.04. The second-order valence-corrected chi connectivity index (χ2v) is 8.89. The fraction of sp³-hybridized carbons (Fsp3) is 0.500. The van der Waals surface area contributed by atoms with Crippen LogP contribution in [-0.4, -0.2) is 17.7 Å². The number of nitrogens with one attached hydrogen (secondary N) is 2. The van der Waals surface area contributed by atoms with E-state index in [0.717, 1.165) is 0 Å². The molecule has 1 heterocycles. The lowest BCUT2D eigenvalue weighted by Crippen LogP contribution is -2.63. The van der Waals surface area contributed by atoms with Crippen molar-refractivity contribution in [3.8, 4) is 0 Å². The van der Waals surface area contributed by atoms with E-state index in [9.17, 15) is 14.4 Å². The van der Waals surface area contributed by atoms with Crippen LogP contribution in [0.5, 0.6) is 0 Å². The highest BCUT2D eigenvalue weighted by Gasteiger charge is 2.60. The molecule has 3 amide bonds. The van der Waals surface area contributed by atoms with Gasteiger partial charge in [-0.25, -0.2) is 0 Å². The van der Waals surface area contributed by atoms with Crippen LogP contribution in [0.2, 0.25) is 10.0 Å². The third-order valence-electron chi connectivity index (χ3n) is 5.39. The van der Waals surface area contributed by atoms with E-state index < -0.39 is 16.2 Å². The van der Waals surface area contributed by atoms with Crippen molar-refractivity contribution in [2.24, 2.45) is 16.2 Å². The molecule has 25 heavy (non-hydrogen) atoms. The number of hydrogen-bond acceptors (Lipinski definition) is 3. The predicted octanol–water partition coefficient (Wildman–Crippen LogP) is 3.79. The lowest BCUT2D eigenvalue weighted by atomic mass is 9.52. The van der Waals surface area contributed by atoms with Gasteiger partial charge in [-0.3, -0.25) is 19.7 Å². The molecule has 1 aromatic carbocycles. The van der Waals surface area contributed by atoms with Crippen LogP contribution < -0.4 is 10.6 Å². The van der Waals surface area contributed by atoms with E-state index in [-0.39, 0.29) is 17.7 Å². The van der Waals surface area contributed by atoms with Gasteiger partial charge in [0.15, 0.2) is 0 Å². The van der Waals surface area contributed by atoms with Crippen molar-refractivity contribution in [3.63, 3.8) is 0 Å². The molecule has 2 N–H and O–H groups in total. The van der Waals surface area contributed by atoms with Crippen molar-refractivity contribution in [1.29, 1.82) is 0 Å². The second-order valence-electron chi connectivity index (χ2n) is 8.08. The standard InChI is InChI=1S/C18H20Cl2N2O3/c1-16(13(23)21-10-4-5-11(19)12(20)6-10)7-17(2)9-18(3,8-16)15(25)22-14(17)24/h4-6H,7-9H2,1-3H3,(H,21,23)(H,22,24,25). The maximum atomic E-state index is 13.0. The normalized spacial score (nSPS) is 34.4. The van der Waals surface area contributed by atoms with E-state index in [1.807, 2.05) is 13.8 Å². The summed E-state index contributed by atoms with van der Waals surface area (Å²) in [6, 6.07) is 4.85. The highest BCUT2D eigenvalue weighted by Crippen LogP contribution is 2.56. The Hall–Kier alpha value is -1.59. The van der Waals surface area contributed by atoms with Crippen LogP contribution in [0, 0.1) is 16.2 Å². The summed E-state index contributed by atoms with van der Waals surface area (Å²) in [5.41, 5.74) is -1.81. The molecule has 2 bridgehead atoms. The number of hydrogen-bond donors (Lipinski definition) is 2. The molecule has 2 atom stereocenters. The summed E-state index contributed by atoms with van der Waals surface area (Å²) in [5.74, 6) is -0.836. The topological polar surface area (TPSA) is 75.3 Å². The summed E-state index contributed by atoms with van der Waals surface area (Å²) in [5, 5.41) is 6.06. The van der Waals surface area contributed by atoms with Crippen LogP contribution in [-0.2, 0) is 14.4 Å². The lowest BCUT2D eigenvalue weighted by molar-refractivity contribution is -0.163. The Bertz CT molecular complexity index is 767. The summed E-state index contributed by atoms with van der Waals surface area (Å²) in [4.78, 5) is 37.7. The van der Waals surface area contributed by atoms with Crippen LogP contribution in [0.4, 0.5) is 5.69 Å². The fourth-order valence-electron chi connectivity index (χ4n) is 4.51.